The zero-order valence-electron chi connectivity index (χ0n) is 13.7. The number of halogens is 4. The summed E-state index contributed by atoms with van der Waals surface area (Å²) in [6.07, 6.45) is -3.90. The van der Waals surface area contributed by atoms with Crippen LogP contribution in [0.5, 0.6) is 5.75 Å². The van der Waals surface area contributed by atoms with Crippen molar-refractivity contribution < 1.29 is 35.5 Å². The van der Waals surface area contributed by atoms with E-state index in [4.69, 9.17) is 4.74 Å². The molecule has 0 saturated heterocycles. The van der Waals surface area contributed by atoms with Crippen LogP contribution in [0.15, 0.2) is 47.9 Å². The van der Waals surface area contributed by atoms with Gasteiger partial charge >= 0.3 is 6.18 Å². The van der Waals surface area contributed by atoms with Gasteiger partial charge in [-0.15, -0.1) is 0 Å². The van der Waals surface area contributed by atoms with Gasteiger partial charge in [-0.25, -0.2) is 17.5 Å². The van der Waals surface area contributed by atoms with Crippen LogP contribution in [-0.2, 0) is 16.2 Å². The van der Waals surface area contributed by atoms with Gasteiger partial charge in [0, 0.05) is 0 Å². The maximum Gasteiger partial charge on any atom is 0.417 e. The molecule has 27 heavy (non-hydrogen) atoms. The summed E-state index contributed by atoms with van der Waals surface area (Å²) < 4.78 is 82.3. The topological polar surface area (TPSA) is 72.5 Å². The van der Waals surface area contributed by atoms with Gasteiger partial charge in [-0.1, -0.05) is 12.1 Å². The molecule has 0 aliphatic carbocycles. The second kappa shape index (κ2) is 7.78. The molecule has 0 aromatic heterocycles. The van der Waals surface area contributed by atoms with Crippen molar-refractivity contribution in [2.24, 2.45) is 0 Å². The molecular weight excluding hydrogens is 390 g/mol. The van der Waals surface area contributed by atoms with Crippen molar-refractivity contribution in [3.05, 3.63) is 70.4 Å². The van der Waals surface area contributed by atoms with E-state index in [9.17, 15) is 30.8 Å². The number of carbonyl (C=O) groups excluding carboxylic acids is 1. The maximum absolute atomic E-state index is 13.1. The maximum atomic E-state index is 13.1. The van der Waals surface area contributed by atoms with Crippen molar-refractivity contribution in [2.75, 3.05) is 7.11 Å². The van der Waals surface area contributed by atoms with Gasteiger partial charge in [0.15, 0.2) is 0 Å². The van der Waals surface area contributed by atoms with Gasteiger partial charge in [0.05, 0.1) is 23.6 Å². The summed E-state index contributed by atoms with van der Waals surface area (Å²) in [4.78, 5) is 12.0. The van der Waals surface area contributed by atoms with Crippen LogP contribution < -0.4 is 9.46 Å². The molecule has 2 aromatic carbocycles. The van der Waals surface area contributed by atoms with Gasteiger partial charge in [-0.2, -0.15) is 13.2 Å². The van der Waals surface area contributed by atoms with Crippen LogP contribution in [-0.4, -0.2) is 21.4 Å². The summed E-state index contributed by atoms with van der Waals surface area (Å²) in [6.45, 7) is 0. The van der Waals surface area contributed by atoms with Crippen LogP contribution >= 0.6 is 0 Å². The molecule has 1 N–H and O–H groups in total. The monoisotopic (exact) mass is 403 g/mol. The number of amides is 1. The summed E-state index contributed by atoms with van der Waals surface area (Å²) >= 11 is 0. The minimum absolute atomic E-state index is 0.119. The fourth-order valence-electron chi connectivity index (χ4n) is 2.08. The first-order valence-electron chi connectivity index (χ1n) is 7.28. The summed E-state index contributed by atoms with van der Waals surface area (Å²) in [5, 5.41) is 0.621. The summed E-state index contributed by atoms with van der Waals surface area (Å²) in [5.41, 5.74) is -2.17. The lowest BCUT2D eigenvalue weighted by Gasteiger charge is -2.12. The molecular formula is C17H13F4NO4S. The third-order valence-corrected chi connectivity index (χ3v) is 4.26. The van der Waals surface area contributed by atoms with E-state index in [2.05, 4.69) is 0 Å². The van der Waals surface area contributed by atoms with E-state index in [0.29, 0.717) is 28.9 Å². The van der Waals surface area contributed by atoms with Crippen LogP contribution in [0.3, 0.4) is 0 Å². The first-order valence-corrected chi connectivity index (χ1v) is 8.82. The van der Waals surface area contributed by atoms with Crippen LogP contribution in [0, 0.1) is 5.82 Å². The van der Waals surface area contributed by atoms with Gasteiger partial charge in [0.25, 0.3) is 15.9 Å². The van der Waals surface area contributed by atoms with Crippen molar-refractivity contribution in [1.82, 2.24) is 4.72 Å². The van der Waals surface area contributed by atoms with Gasteiger partial charge in [-0.05, 0) is 42.0 Å². The molecule has 10 heteroatoms. The first-order chi connectivity index (χ1) is 12.5. The number of ether oxygens (including phenoxy) is 1. The van der Waals surface area contributed by atoms with Crippen LogP contribution in [0.4, 0.5) is 17.6 Å². The number of rotatable bonds is 5. The Bertz CT molecular complexity index is 985. The standard InChI is InChI=1S/C17H13F4NO4S/c1-26-13-4-2-3-11(9-13)7-8-27(24,25)22-16(23)14-6-5-12(18)10-15(14)17(19,20)21/h2-10H,1H3,(H,22,23). The van der Waals surface area contributed by atoms with E-state index in [1.807, 2.05) is 0 Å². The molecule has 0 aliphatic heterocycles. The predicted molar refractivity (Wildman–Crippen MR) is 89.8 cm³/mol. The van der Waals surface area contributed by atoms with Gasteiger partial charge < -0.3 is 4.74 Å². The first kappa shape index (κ1) is 20.4. The van der Waals surface area contributed by atoms with E-state index < -0.39 is 39.1 Å². The summed E-state index contributed by atoms with van der Waals surface area (Å²) in [7, 11) is -2.98. The lowest BCUT2D eigenvalue weighted by molar-refractivity contribution is -0.138. The molecule has 0 saturated carbocycles. The van der Waals surface area contributed by atoms with E-state index in [1.165, 1.54) is 17.9 Å². The highest BCUT2D eigenvalue weighted by molar-refractivity contribution is 7.93. The molecule has 0 atom stereocenters. The minimum Gasteiger partial charge on any atom is -0.497 e. The zero-order chi connectivity index (χ0) is 20.2. The predicted octanol–water partition coefficient (Wildman–Crippen LogP) is 3.58. The number of hydrogen-bond acceptors (Lipinski definition) is 4. The lowest BCUT2D eigenvalue weighted by Crippen LogP contribution is -2.30. The third kappa shape index (κ3) is 5.55. The van der Waals surface area contributed by atoms with Gasteiger partial charge in [0.2, 0.25) is 0 Å². The van der Waals surface area contributed by atoms with E-state index in [-0.39, 0.29) is 6.07 Å². The van der Waals surface area contributed by atoms with Crippen molar-refractivity contribution in [1.29, 1.82) is 0 Å². The summed E-state index contributed by atoms with van der Waals surface area (Å²) in [6, 6.07) is 7.59. The number of carbonyl (C=O) groups is 1. The Balaban J connectivity index is 2.25. The molecule has 0 heterocycles. The number of nitrogens with one attached hydrogen (secondary N) is 1. The van der Waals surface area contributed by atoms with Crippen LogP contribution in [0.1, 0.15) is 21.5 Å². The van der Waals surface area contributed by atoms with Gasteiger partial charge in [0.1, 0.15) is 11.6 Å². The quantitative estimate of drug-likeness (QED) is 0.775. The average molecular weight is 403 g/mol. The average Bonchev–Trinajstić information content (AvgIpc) is 2.59. The number of hydrogen-bond donors (Lipinski definition) is 1. The Kier molecular flexibility index (Phi) is 5.89. The summed E-state index contributed by atoms with van der Waals surface area (Å²) in [5.74, 6) is -2.28. The minimum atomic E-state index is -5.03. The number of sulfonamides is 1. The molecule has 0 unspecified atom stereocenters. The Morgan fingerprint density at radius 3 is 2.48 bits per heavy atom. The highest BCUT2D eigenvalue weighted by atomic mass is 32.2. The van der Waals surface area contributed by atoms with Gasteiger partial charge in [-0.3, -0.25) is 4.79 Å². The molecule has 1 amide bonds. The molecule has 0 spiro atoms. The fraction of sp³-hybridized carbons (Fsp3) is 0.118. The lowest BCUT2D eigenvalue weighted by atomic mass is 10.1. The largest absolute Gasteiger partial charge is 0.497 e. The van der Waals surface area contributed by atoms with Crippen molar-refractivity contribution in [3.8, 4) is 5.75 Å². The van der Waals surface area contributed by atoms with Crippen molar-refractivity contribution in [3.63, 3.8) is 0 Å². The zero-order valence-corrected chi connectivity index (χ0v) is 14.6. The molecule has 0 bridgehead atoms. The Hall–Kier alpha value is -2.88. The number of benzene rings is 2. The Morgan fingerprint density at radius 1 is 1.15 bits per heavy atom. The molecule has 5 nitrogen and oxygen atoms in total. The second-order valence-corrected chi connectivity index (χ2v) is 6.81. The van der Waals surface area contributed by atoms with Crippen molar-refractivity contribution >= 4 is 22.0 Å². The number of methoxy groups -OCH3 is 1. The molecule has 0 fully saturated rings. The van der Waals surface area contributed by atoms with Crippen molar-refractivity contribution in [2.45, 2.75) is 6.18 Å². The highest BCUT2D eigenvalue weighted by Gasteiger charge is 2.36. The Morgan fingerprint density at radius 2 is 1.85 bits per heavy atom. The number of alkyl halides is 3. The highest BCUT2D eigenvalue weighted by Crippen LogP contribution is 2.32. The van der Waals surface area contributed by atoms with Crippen LogP contribution in [0.2, 0.25) is 0 Å². The van der Waals surface area contributed by atoms with E-state index >= 15 is 0 Å². The molecule has 2 aromatic rings. The van der Waals surface area contributed by atoms with E-state index in [0.717, 1.165) is 6.08 Å². The molecule has 2 rings (SSSR count). The smallest absolute Gasteiger partial charge is 0.417 e. The molecule has 144 valence electrons. The van der Waals surface area contributed by atoms with Crippen LogP contribution in [0.25, 0.3) is 6.08 Å². The molecule has 0 radical (unpaired) electrons. The van der Waals surface area contributed by atoms with E-state index in [1.54, 1.807) is 18.2 Å². The third-order valence-electron chi connectivity index (χ3n) is 3.30. The molecule has 0 aliphatic rings. The SMILES string of the molecule is COc1cccc(C=CS(=O)(=O)NC(=O)c2ccc(F)cc2C(F)(F)F)c1. The Labute approximate surface area is 152 Å². The fourth-order valence-corrected chi connectivity index (χ4v) is 2.85. The second-order valence-electron chi connectivity index (χ2n) is 5.24. The normalized spacial score (nSPS) is 12.2.